The molecule has 2 rings (SSSR count). The highest BCUT2D eigenvalue weighted by Gasteiger charge is 2.48. The molecule has 0 aromatic rings. The number of Topliss-reactive ketones (excluding diaryl/α,β-unsaturated/α-hetero) is 1. The van der Waals surface area contributed by atoms with Gasteiger partial charge >= 0.3 is 0 Å². The molecule has 0 unspecified atom stereocenters. The van der Waals surface area contributed by atoms with Crippen molar-refractivity contribution >= 4 is 11.6 Å². The molecule has 3 nitrogen and oxygen atoms in total. The fourth-order valence-electron chi connectivity index (χ4n) is 3.21. The Bertz CT molecular complexity index is 469. The predicted molar refractivity (Wildman–Crippen MR) is 67.5 cm³/mol. The van der Waals surface area contributed by atoms with Gasteiger partial charge in [0.25, 0.3) is 0 Å². The smallest absolute Gasteiger partial charge is 0.221 e. The van der Waals surface area contributed by atoms with Crippen LogP contribution in [0.4, 0.5) is 0 Å². The number of carbonyl (C=O) groups is 2. The molecule has 0 aliphatic heterocycles. The Labute approximate surface area is 108 Å². The number of carbonyl (C=O) groups excluding carboxylic acids is 2. The lowest BCUT2D eigenvalue weighted by Crippen LogP contribution is -2.42. The highest BCUT2D eigenvalue weighted by atomic mass is 16.2. The summed E-state index contributed by atoms with van der Waals surface area (Å²) in [5.41, 5.74) is 0.606. The molecule has 0 aromatic carbocycles. The topological polar surface area (TPSA) is 57.9 Å². The van der Waals surface area contributed by atoms with Crippen LogP contribution in [0, 0.1) is 34.5 Å². The molecule has 0 spiro atoms. The summed E-state index contributed by atoms with van der Waals surface area (Å²) >= 11 is 0. The zero-order valence-electron chi connectivity index (χ0n) is 11.2. The van der Waals surface area contributed by atoms with E-state index in [0.717, 1.165) is 18.4 Å². The molecular weight excluding hydrogens is 226 g/mol. The number of allylic oxidation sites excluding steroid dienone is 2. The number of hydrogen-bond donors (Lipinski definition) is 0. The molecule has 0 amide bonds. The van der Waals surface area contributed by atoms with E-state index in [1.807, 2.05) is 6.92 Å². The maximum Gasteiger partial charge on any atom is 0.221 e. The molecule has 0 aromatic heterocycles. The Morgan fingerprint density at radius 3 is 2.67 bits per heavy atom. The summed E-state index contributed by atoms with van der Waals surface area (Å²) in [6, 6.07) is 2.36. The van der Waals surface area contributed by atoms with E-state index in [1.165, 1.54) is 6.08 Å². The highest BCUT2D eigenvalue weighted by Crippen LogP contribution is 2.52. The third-order valence-corrected chi connectivity index (χ3v) is 4.73. The standard InChI is InChI=1S/C15H19NO2/c1-9(2)10-4-11-6-13(17)14(18)7-15(11,3)12(5-10)8-16/h6,9-10,12H,4-5,7H2,1-3H3/t10-,12-,15+/m0/s1. The van der Waals surface area contributed by atoms with Gasteiger partial charge in [-0.1, -0.05) is 26.3 Å². The Kier molecular flexibility index (Phi) is 3.14. The largest absolute Gasteiger partial charge is 0.290 e. The monoisotopic (exact) mass is 245 g/mol. The van der Waals surface area contributed by atoms with Crippen LogP contribution in [0.25, 0.3) is 0 Å². The Hall–Kier alpha value is -1.43. The molecule has 1 saturated carbocycles. The molecule has 0 heterocycles. The second-order valence-electron chi connectivity index (χ2n) is 6.18. The van der Waals surface area contributed by atoms with Crippen LogP contribution in [0.1, 0.15) is 40.0 Å². The summed E-state index contributed by atoms with van der Waals surface area (Å²) in [6.45, 7) is 6.27. The first-order valence-electron chi connectivity index (χ1n) is 6.56. The minimum atomic E-state index is -0.412. The van der Waals surface area contributed by atoms with Gasteiger partial charge in [0.1, 0.15) is 0 Å². The van der Waals surface area contributed by atoms with Crippen LogP contribution in [-0.2, 0) is 9.59 Å². The average Bonchev–Trinajstić information content (AvgIpc) is 2.29. The highest BCUT2D eigenvalue weighted by molar-refractivity contribution is 6.42. The Morgan fingerprint density at radius 1 is 1.44 bits per heavy atom. The first-order chi connectivity index (χ1) is 8.38. The fraction of sp³-hybridized carbons (Fsp3) is 0.667. The van der Waals surface area contributed by atoms with Crippen molar-refractivity contribution in [2.75, 3.05) is 0 Å². The molecule has 2 aliphatic carbocycles. The molecule has 3 heteroatoms. The van der Waals surface area contributed by atoms with Crippen LogP contribution in [-0.4, -0.2) is 11.6 Å². The summed E-state index contributed by atoms with van der Waals surface area (Å²) in [7, 11) is 0. The molecule has 0 radical (unpaired) electrons. The number of ketones is 2. The lowest BCUT2D eigenvalue weighted by Gasteiger charge is -2.45. The number of rotatable bonds is 1. The second kappa shape index (κ2) is 4.35. The third kappa shape index (κ3) is 1.90. The van der Waals surface area contributed by atoms with Gasteiger partial charge in [0.05, 0.1) is 12.0 Å². The molecule has 0 saturated heterocycles. The molecule has 96 valence electrons. The molecular formula is C15H19NO2. The average molecular weight is 245 g/mol. The Morgan fingerprint density at radius 2 is 2.11 bits per heavy atom. The molecule has 0 N–H and O–H groups in total. The lowest BCUT2D eigenvalue weighted by atomic mass is 9.56. The third-order valence-electron chi connectivity index (χ3n) is 4.73. The molecule has 2 aliphatic rings. The minimum Gasteiger partial charge on any atom is -0.290 e. The van der Waals surface area contributed by atoms with Gasteiger partial charge in [-0.25, -0.2) is 0 Å². The van der Waals surface area contributed by atoms with Gasteiger partial charge in [0.15, 0.2) is 0 Å². The van der Waals surface area contributed by atoms with Crippen LogP contribution >= 0.6 is 0 Å². The van der Waals surface area contributed by atoms with Crippen molar-refractivity contribution in [3.63, 3.8) is 0 Å². The number of nitrogens with zero attached hydrogens (tertiary/aromatic N) is 1. The van der Waals surface area contributed by atoms with Crippen molar-refractivity contribution < 1.29 is 9.59 Å². The summed E-state index contributed by atoms with van der Waals surface area (Å²) in [4.78, 5) is 23.2. The van der Waals surface area contributed by atoms with Crippen molar-refractivity contribution in [2.24, 2.45) is 23.2 Å². The van der Waals surface area contributed by atoms with Crippen molar-refractivity contribution in [2.45, 2.75) is 40.0 Å². The summed E-state index contributed by atoms with van der Waals surface area (Å²) in [6.07, 6.45) is 3.40. The van der Waals surface area contributed by atoms with Crippen LogP contribution in [0.5, 0.6) is 0 Å². The van der Waals surface area contributed by atoms with Crippen LogP contribution in [0.3, 0.4) is 0 Å². The van der Waals surface area contributed by atoms with E-state index in [1.54, 1.807) is 0 Å². The Balaban J connectivity index is 2.42. The summed E-state index contributed by atoms with van der Waals surface area (Å²) < 4.78 is 0. The fourth-order valence-corrected chi connectivity index (χ4v) is 3.21. The van der Waals surface area contributed by atoms with Crippen LogP contribution in [0.2, 0.25) is 0 Å². The van der Waals surface area contributed by atoms with Gasteiger partial charge in [-0.05, 0) is 30.8 Å². The van der Waals surface area contributed by atoms with Gasteiger partial charge in [-0.3, -0.25) is 9.59 Å². The lowest BCUT2D eigenvalue weighted by molar-refractivity contribution is -0.136. The quantitative estimate of drug-likeness (QED) is 0.667. The SMILES string of the molecule is CC(C)[C@H]1CC2=CC(=O)C(=O)C[C@@]2(C)[C@H](C#N)C1. The van der Waals surface area contributed by atoms with E-state index in [9.17, 15) is 14.9 Å². The normalized spacial score (nSPS) is 36.1. The summed E-state index contributed by atoms with van der Waals surface area (Å²) in [5, 5.41) is 9.37. The number of nitriles is 1. The van der Waals surface area contributed by atoms with E-state index in [-0.39, 0.29) is 23.9 Å². The van der Waals surface area contributed by atoms with E-state index in [0.29, 0.717) is 11.8 Å². The zero-order chi connectivity index (χ0) is 13.5. The molecule has 1 fully saturated rings. The van der Waals surface area contributed by atoms with Crippen molar-refractivity contribution in [1.82, 2.24) is 0 Å². The first kappa shape index (κ1) is 13.0. The number of hydrogen-bond acceptors (Lipinski definition) is 3. The number of fused-ring (bicyclic) bond motifs is 1. The van der Waals surface area contributed by atoms with Gasteiger partial charge in [0, 0.05) is 11.8 Å². The zero-order valence-corrected chi connectivity index (χ0v) is 11.2. The van der Waals surface area contributed by atoms with E-state index >= 15 is 0 Å². The van der Waals surface area contributed by atoms with Crippen LogP contribution in [0.15, 0.2) is 11.6 Å². The predicted octanol–water partition coefficient (Wildman–Crippen LogP) is 2.67. The maximum atomic E-state index is 11.6. The van der Waals surface area contributed by atoms with Gasteiger partial charge in [0.2, 0.25) is 11.6 Å². The van der Waals surface area contributed by atoms with Crippen molar-refractivity contribution in [3.05, 3.63) is 11.6 Å². The van der Waals surface area contributed by atoms with Gasteiger partial charge in [-0.15, -0.1) is 0 Å². The second-order valence-corrected chi connectivity index (χ2v) is 6.18. The molecule has 18 heavy (non-hydrogen) atoms. The van der Waals surface area contributed by atoms with E-state index < -0.39 is 5.41 Å². The first-order valence-corrected chi connectivity index (χ1v) is 6.56. The van der Waals surface area contributed by atoms with Gasteiger partial charge < -0.3 is 0 Å². The minimum absolute atomic E-state index is 0.151. The maximum absolute atomic E-state index is 11.6. The van der Waals surface area contributed by atoms with Crippen LogP contribution < -0.4 is 0 Å². The van der Waals surface area contributed by atoms with Crippen molar-refractivity contribution in [1.29, 1.82) is 5.26 Å². The van der Waals surface area contributed by atoms with Gasteiger partial charge in [-0.2, -0.15) is 5.26 Å². The van der Waals surface area contributed by atoms with E-state index in [4.69, 9.17) is 0 Å². The summed E-state index contributed by atoms with van der Waals surface area (Å²) in [5.74, 6) is 0.0593. The molecule has 3 atom stereocenters. The molecule has 0 bridgehead atoms. The van der Waals surface area contributed by atoms with Crippen molar-refractivity contribution in [3.8, 4) is 6.07 Å². The van der Waals surface area contributed by atoms with E-state index in [2.05, 4.69) is 19.9 Å².